The van der Waals surface area contributed by atoms with Crippen molar-refractivity contribution in [2.75, 3.05) is 12.9 Å². The molecule has 0 amide bonds. The van der Waals surface area contributed by atoms with Crippen LogP contribution in [0.5, 0.6) is 0 Å². The van der Waals surface area contributed by atoms with Crippen molar-refractivity contribution in [2.45, 2.75) is 24.7 Å². The number of esters is 1. The van der Waals surface area contributed by atoms with Crippen molar-refractivity contribution in [2.24, 2.45) is 0 Å². The van der Waals surface area contributed by atoms with E-state index in [-0.39, 0.29) is 11.3 Å². The normalized spacial score (nSPS) is 10.1. The maximum Gasteiger partial charge on any atom is 0.338 e. The summed E-state index contributed by atoms with van der Waals surface area (Å²) in [6.45, 7) is 2.33. The van der Waals surface area contributed by atoms with Crippen LogP contribution < -0.4 is 0 Å². The first-order valence-electron chi connectivity index (χ1n) is 5.59. The zero-order valence-electron chi connectivity index (χ0n) is 10.3. The molecule has 0 N–H and O–H groups in total. The molecule has 0 unspecified atom stereocenters. The monoisotopic (exact) mass is 269 g/mol. The van der Waals surface area contributed by atoms with E-state index in [1.807, 2.05) is 6.92 Å². The Morgan fingerprint density at radius 2 is 2.22 bits per heavy atom. The first-order chi connectivity index (χ1) is 8.60. The number of carbonyl (C=O) groups is 1. The molecule has 0 aliphatic heterocycles. The lowest BCUT2D eigenvalue weighted by Crippen LogP contribution is -2.07. The molecule has 6 heteroatoms. The van der Waals surface area contributed by atoms with Gasteiger partial charge in [-0.2, -0.15) is 0 Å². The van der Waals surface area contributed by atoms with Gasteiger partial charge < -0.3 is 4.74 Å². The molecule has 98 valence electrons. The Morgan fingerprint density at radius 3 is 2.78 bits per heavy atom. The molecule has 0 atom stereocenters. The maximum absolute atomic E-state index is 11.6. The average Bonchev–Trinajstić information content (AvgIpc) is 2.38. The SMILES string of the molecule is CCCCOC(=O)c1ccc(SC)c([N+](=O)[O-])c1. The third-order valence-electron chi connectivity index (χ3n) is 2.34. The second kappa shape index (κ2) is 7.00. The van der Waals surface area contributed by atoms with Crippen molar-refractivity contribution >= 4 is 23.4 Å². The van der Waals surface area contributed by atoms with Crippen LogP contribution in [0.15, 0.2) is 23.1 Å². The van der Waals surface area contributed by atoms with Gasteiger partial charge in [0.05, 0.1) is 22.0 Å². The van der Waals surface area contributed by atoms with Gasteiger partial charge >= 0.3 is 5.97 Å². The molecule has 0 heterocycles. The number of ether oxygens (including phenoxy) is 1. The smallest absolute Gasteiger partial charge is 0.338 e. The van der Waals surface area contributed by atoms with E-state index < -0.39 is 10.9 Å². The van der Waals surface area contributed by atoms with Crippen LogP contribution in [0.2, 0.25) is 0 Å². The second-order valence-electron chi connectivity index (χ2n) is 3.63. The largest absolute Gasteiger partial charge is 0.462 e. The molecule has 0 fully saturated rings. The Morgan fingerprint density at radius 1 is 1.50 bits per heavy atom. The molecule has 0 aromatic heterocycles. The number of nitro groups is 1. The predicted octanol–water partition coefficient (Wildman–Crippen LogP) is 3.27. The Labute approximate surface area is 110 Å². The predicted molar refractivity (Wildman–Crippen MR) is 70.1 cm³/mol. The van der Waals surface area contributed by atoms with Crippen molar-refractivity contribution in [3.05, 3.63) is 33.9 Å². The van der Waals surface area contributed by atoms with Gasteiger partial charge in [-0.1, -0.05) is 13.3 Å². The zero-order chi connectivity index (χ0) is 13.5. The van der Waals surface area contributed by atoms with Crippen molar-refractivity contribution in [1.29, 1.82) is 0 Å². The van der Waals surface area contributed by atoms with E-state index in [4.69, 9.17) is 4.74 Å². The number of nitrogens with zero attached hydrogens (tertiary/aromatic N) is 1. The molecule has 1 rings (SSSR count). The van der Waals surface area contributed by atoms with Crippen LogP contribution in [0, 0.1) is 10.1 Å². The van der Waals surface area contributed by atoms with E-state index in [0.29, 0.717) is 11.5 Å². The summed E-state index contributed by atoms with van der Waals surface area (Å²) in [5.41, 5.74) is 0.156. The highest BCUT2D eigenvalue weighted by atomic mass is 32.2. The van der Waals surface area contributed by atoms with Gasteiger partial charge in [0, 0.05) is 6.07 Å². The zero-order valence-corrected chi connectivity index (χ0v) is 11.2. The van der Waals surface area contributed by atoms with Gasteiger partial charge in [0.25, 0.3) is 5.69 Å². The number of rotatable bonds is 6. The minimum Gasteiger partial charge on any atom is -0.462 e. The van der Waals surface area contributed by atoms with E-state index in [1.54, 1.807) is 18.4 Å². The van der Waals surface area contributed by atoms with Crippen molar-refractivity contribution in [3.8, 4) is 0 Å². The van der Waals surface area contributed by atoms with Gasteiger partial charge in [0.15, 0.2) is 0 Å². The molecule has 0 saturated carbocycles. The van der Waals surface area contributed by atoms with Crippen molar-refractivity contribution in [1.82, 2.24) is 0 Å². The summed E-state index contributed by atoms with van der Waals surface area (Å²) in [5, 5.41) is 10.9. The number of hydrogen-bond donors (Lipinski definition) is 0. The number of unbranched alkanes of at least 4 members (excludes halogenated alkanes) is 1. The minimum absolute atomic E-state index is 0.0626. The first-order valence-corrected chi connectivity index (χ1v) is 6.82. The first kappa shape index (κ1) is 14.5. The van der Waals surface area contributed by atoms with Crippen LogP contribution in [-0.2, 0) is 4.74 Å². The van der Waals surface area contributed by atoms with E-state index in [9.17, 15) is 14.9 Å². The molecular formula is C12H15NO4S. The van der Waals surface area contributed by atoms with E-state index >= 15 is 0 Å². The molecule has 0 aliphatic rings. The highest BCUT2D eigenvalue weighted by Crippen LogP contribution is 2.28. The molecule has 18 heavy (non-hydrogen) atoms. The summed E-state index contributed by atoms with van der Waals surface area (Å²) in [4.78, 5) is 22.5. The van der Waals surface area contributed by atoms with Gasteiger partial charge in [-0.3, -0.25) is 10.1 Å². The summed E-state index contributed by atoms with van der Waals surface area (Å²) in [6, 6.07) is 4.38. The fraction of sp³-hybridized carbons (Fsp3) is 0.417. The van der Waals surface area contributed by atoms with Gasteiger partial charge in [0.1, 0.15) is 0 Å². The second-order valence-corrected chi connectivity index (χ2v) is 4.48. The fourth-order valence-electron chi connectivity index (χ4n) is 1.35. The molecule has 1 aromatic rings. The van der Waals surface area contributed by atoms with E-state index in [2.05, 4.69) is 0 Å². The number of hydrogen-bond acceptors (Lipinski definition) is 5. The van der Waals surface area contributed by atoms with E-state index in [1.165, 1.54) is 17.8 Å². The lowest BCUT2D eigenvalue weighted by atomic mass is 10.2. The van der Waals surface area contributed by atoms with E-state index in [0.717, 1.165) is 12.8 Å². The fourth-order valence-corrected chi connectivity index (χ4v) is 1.90. The van der Waals surface area contributed by atoms with Crippen molar-refractivity contribution in [3.63, 3.8) is 0 Å². The number of carbonyl (C=O) groups excluding carboxylic acids is 1. The molecule has 1 aromatic carbocycles. The minimum atomic E-state index is -0.515. The maximum atomic E-state index is 11.6. The molecular weight excluding hydrogens is 254 g/mol. The number of nitro benzene ring substituents is 1. The number of thioether (sulfide) groups is 1. The van der Waals surface area contributed by atoms with Gasteiger partial charge in [-0.15, -0.1) is 11.8 Å². The topological polar surface area (TPSA) is 69.4 Å². The third-order valence-corrected chi connectivity index (χ3v) is 3.13. The van der Waals surface area contributed by atoms with Crippen LogP contribution >= 0.6 is 11.8 Å². The summed E-state index contributed by atoms with van der Waals surface area (Å²) in [5.74, 6) is -0.515. The Hall–Kier alpha value is -1.56. The molecule has 5 nitrogen and oxygen atoms in total. The summed E-state index contributed by atoms with van der Waals surface area (Å²) in [7, 11) is 0. The van der Waals surface area contributed by atoms with Gasteiger partial charge in [-0.25, -0.2) is 4.79 Å². The Balaban J connectivity index is 2.87. The molecule has 0 saturated heterocycles. The van der Waals surface area contributed by atoms with Crippen LogP contribution in [0.1, 0.15) is 30.1 Å². The quantitative estimate of drug-likeness (QED) is 0.260. The lowest BCUT2D eigenvalue weighted by Gasteiger charge is -2.05. The van der Waals surface area contributed by atoms with Crippen LogP contribution in [0.25, 0.3) is 0 Å². The lowest BCUT2D eigenvalue weighted by molar-refractivity contribution is -0.387. The molecule has 0 bridgehead atoms. The van der Waals surface area contributed by atoms with Gasteiger partial charge in [0.2, 0.25) is 0 Å². The number of benzene rings is 1. The summed E-state index contributed by atoms with van der Waals surface area (Å²) >= 11 is 1.27. The Kier molecular flexibility index (Phi) is 5.64. The van der Waals surface area contributed by atoms with Crippen LogP contribution in [0.3, 0.4) is 0 Å². The van der Waals surface area contributed by atoms with Crippen LogP contribution in [-0.4, -0.2) is 23.8 Å². The van der Waals surface area contributed by atoms with Crippen LogP contribution in [0.4, 0.5) is 5.69 Å². The van der Waals surface area contributed by atoms with Gasteiger partial charge in [-0.05, 0) is 24.8 Å². The van der Waals surface area contributed by atoms with Crippen molar-refractivity contribution < 1.29 is 14.5 Å². The highest BCUT2D eigenvalue weighted by molar-refractivity contribution is 7.98. The highest BCUT2D eigenvalue weighted by Gasteiger charge is 2.17. The Bertz CT molecular complexity index is 448. The standard InChI is InChI=1S/C12H15NO4S/c1-3-4-7-17-12(14)9-5-6-11(18-2)10(8-9)13(15)16/h5-6,8H,3-4,7H2,1-2H3. The molecule has 0 radical (unpaired) electrons. The third kappa shape index (κ3) is 3.73. The summed E-state index contributed by atoms with van der Waals surface area (Å²) in [6.07, 6.45) is 3.47. The molecule has 0 aliphatic carbocycles. The average molecular weight is 269 g/mol. The summed E-state index contributed by atoms with van der Waals surface area (Å²) < 4.78 is 5.01. The molecule has 0 spiro atoms.